The number of amides is 1. The molecular formula is C32H37N5O3S. The van der Waals surface area contributed by atoms with Crippen LogP contribution in [0.3, 0.4) is 0 Å². The Bertz CT molecular complexity index is 1500. The number of aliphatic hydroxyl groups is 1. The first kappa shape index (κ1) is 29.1. The van der Waals surface area contributed by atoms with Gasteiger partial charge in [-0.15, -0.1) is 0 Å². The molecule has 0 unspecified atom stereocenters. The van der Waals surface area contributed by atoms with Gasteiger partial charge in [-0.3, -0.25) is 4.79 Å². The van der Waals surface area contributed by atoms with Gasteiger partial charge in [0.25, 0.3) is 5.91 Å². The van der Waals surface area contributed by atoms with Crippen LogP contribution in [-0.2, 0) is 17.5 Å². The molecule has 1 fully saturated rings. The van der Waals surface area contributed by atoms with Gasteiger partial charge in [0.2, 0.25) is 0 Å². The first-order valence-electron chi connectivity index (χ1n) is 14.0. The number of pyridine rings is 1. The first-order valence-corrected chi connectivity index (χ1v) is 15.1. The van der Waals surface area contributed by atoms with Crippen LogP contribution in [0.25, 0.3) is 22.4 Å². The molecular weight excluding hydrogens is 534 g/mol. The highest BCUT2D eigenvalue weighted by Gasteiger charge is 2.40. The van der Waals surface area contributed by atoms with Gasteiger partial charge in [-0.05, 0) is 75.2 Å². The van der Waals surface area contributed by atoms with Crippen molar-refractivity contribution in [1.29, 1.82) is 5.26 Å². The Hall–Kier alpha value is -3.42. The van der Waals surface area contributed by atoms with Crippen molar-refractivity contribution in [2.45, 2.75) is 44.5 Å². The second kappa shape index (κ2) is 11.8. The minimum absolute atomic E-state index is 0.0609. The lowest BCUT2D eigenvalue weighted by atomic mass is 9.94. The predicted molar refractivity (Wildman–Crippen MR) is 161 cm³/mol. The summed E-state index contributed by atoms with van der Waals surface area (Å²) in [7, 11) is 0.724. The van der Waals surface area contributed by atoms with Crippen molar-refractivity contribution >= 4 is 16.9 Å². The van der Waals surface area contributed by atoms with Crippen LogP contribution < -0.4 is 0 Å². The fourth-order valence-corrected chi connectivity index (χ4v) is 6.96. The number of hydrogen-bond donors (Lipinski definition) is 1. The first-order chi connectivity index (χ1) is 19.6. The minimum Gasteiger partial charge on any atom is -0.396 e. The van der Waals surface area contributed by atoms with E-state index in [1.54, 1.807) is 12.1 Å². The molecule has 0 radical (unpaired) electrons. The topological polar surface area (TPSA) is 101 Å². The zero-order valence-corrected chi connectivity index (χ0v) is 24.9. The number of nitriles is 1. The van der Waals surface area contributed by atoms with E-state index in [4.69, 9.17) is 4.98 Å². The van der Waals surface area contributed by atoms with Crippen molar-refractivity contribution in [2.24, 2.45) is 0 Å². The molecule has 41 heavy (non-hydrogen) atoms. The number of rotatable bonds is 6. The summed E-state index contributed by atoms with van der Waals surface area (Å²) in [5, 5.41) is 19.3. The summed E-state index contributed by atoms with van der Waals surface area (Å²) in [6, 6.07) is 19.2. The molecule has 1 aromatic heterocycles. The van der Waals surface area contributed by atoms with Gasteiger partial charge in [0.15, 0.2) is 0 Å². The maximum absolute atomic E-state index is 13.7. The predicted octanol–water partition coefficient (Wildman–Crippen LogP) is 4.38. The smallest absolute Gasteiger partial charge is 0.272 e. The van der Waals surface area contributed by atoms with Gasteiger partial charge in [-0.2, -0.15) is 5.26 Å². The molecule has 3 aromatic rings. The number of nitrogens with zero attached hydrogens (tertiary/aromatic N) is 5. The number of carbonyl (C=O) groups is 1. The van der Waals surface area contributed by atoms with Gasteiger partial charge in [-0.25, -0.2) is 13.5 Å². The zero-order chi connectivity index (χ0) is 29.3. The van der Waals surface area contributed by atoms with Gasteiger partial charge in [0.1, 0.15) is 16.7 Å². The van der Waals surface area contributed by atoms with Crippen LogP contribution in [0.2, 0.25) is 0 Å². The number of aliphatic hydroxyl groups excluding tert-OH is 1. The second-order valence-electron chi connectivity index (χ2n) is 11.8. The fourth-order valence-electron chi connectivity index (χ4n) is 5.55. The van der Waals surface area contributed by atoms with Crippen molar-refractivity contribution in [2.75, 3.05) is 39.8 Å². The summed E-state index contributed by atoms with van der Waals surface area (Å²) in [4.78, 5) is 22.8. The summed E-state index contributed by atoms with van der Waals surface area (Å²) in [6.07, 6.45) is 0.407. The maximum Gasteiger partial charge on any atom is 0.272 e. The molecule has 1 amide bonds. The van der Waals surface area contributed by atoms with E-state index in [1.165, 1.54) is 0 Å². The van der Waals surface area contributed by atoms with E-state index < -0.39 is 15.7 Å². The van der Waals surface area contributed by atoms with Crippen LogP contribution in [0.5, 0.6) is 0 Å². The molecule has 5 rings (SSSR count). The highest BCUT2D eigenvalue weighted by atomic mass is 32.2. The molecule has 2 atom stereocenters. The lowest BCUT2D eigenvalue weighted by molar-refractivity contribution is 0.0658. The number of aromatic nitrogens is 1. The summed E-state index contributed by atoms with van der Waals surface area (Å²) >= 11 is 0. The molecule has 0 spiro atoms. The third kappa shape index (κ3) is 5.97. The number of hydrogen-bond acceptors (Lipinski definition) is 6. The fraction of sp³-hybridized carbons (Fsp3) is 0.406. The van der Waals surface area contributed by atoms with Crippen LogP contribution in [0.15, 0.2) is 54.6 Å². The normalized spacial score (nSPS) is 18.6. The molecule has 0 aliphatic carbocycles. The van der Waals surface area contributed by atoms with Gasteiger partial charge >= 0.3 is 0 Å². The average molecular weight is 572 g/mol. The number of piperazine rings is 1. The Morgan fingerprint density at radius 3 is 2.37 bits per heavy atom. The third-order valence-electron chi connectivity index (χ3n) is 7.78. The van der Waals surface area contributed by atoms with E-state index in [2.05, 4.69) is 18.0 Å². The molecule has 0 saturated carbocycles. The Balaban J connectivity index is 1.64. The largest absolute Gasteiger partial charge is 0.396 e. The second-order valence-corrected chi connectivity index (χ2v) is 14.0. The van der Waals surface area contributed by atoms with Gasteiger partial charge in [0, 0.05) is 50.5 Å². The van der Waals surface area contributed by atoms with Crippen LogP contribution >= 0.6 is 0 Å². The SMILES string of the molecule is CN1CCN(C(=O)c2cc3c(c(-c4cccc(-c5ccc(C#N)cc5)c4)n2)[C@H](CCO)N([S@@](=O)C(C)(C)C)C3)CC1. The standard InChI is InChI=1S/C32H37N5O3S/c1-32(2,3)41(40)37-21-26-19-27(31(39)36-15-13-35(4)14-16-36)34-30(29(26)28(37)12-17-38)25-7-5-6-24(18-25)23-10-8-22(20-33)9-11-23/h5-11,18-19,28,38H,12-17,21H2,1-4H3/t28-,41-/m0/s1. The average Bonchev–Trinajstić information content (AvgIpc) is 3.34. The Labute approximate surface area is 244 Å². The number of likely N-dealkylation sites (N-methyl/N-ethyl adjacent to an activating group) is 1. The number of carbonyl (C=O) groups excluding carboxylic acids is 1. The monoisotopic (exact) mass is 571 g/mol. The molecule has 1 N–H and O–H groups in total. The lowest BCUT2D eigenvalue weighted by Gasteiger charge is -2.32. The lowest BCUT2D eigenvalue weighted by Crippen LogP contribution is -2.47. The van der Waals surface area contributed by atoms with Gasteiger partial charge in [0.05, 0.1) is 28.1 Å². The van der Waals surface area contributed by atoms with Crippen molar-refractivity contribution in [3.63, 3.8) is 0 Å². The highest BCUT2D eigenvalue weighted by Crippen LogP contribution is 2.44. The number of fused-ring (bicyclic) bond motifs is 1. The van der Waals surface area contributed by atoms with Crippen molar-refractivity contribution < 1.29 is 14.1 Å². The molecule has 1 saturated heterocycles. The minimum atomic E-state index is -1.33. The summed E-state index contributed by atoms with van der Waals surface area (Å²) < 4.78 is 15.1. The van der Waals surface area contributed by atoms with E-state index in [1.807, 2.05) is 72.4 Å². The molecule has 214 valence electrons. The van der Waals surface area contributed by atoms with Crippen LogP contribution in [0, 0.1) is 11.3 Å². The Kier molecular flexibility index (Phi) is 8.39. The molecule has 0 bridgehead atoms. The highest BCUT2D eigenvalue weighted by molar-refractivity contribution is 7.84. The molecule has 2 aromatic carbocycles. The van der Waals surface area contributed by atoms with Crippen molar-refractivity contribution in [3.8, 4) is 28.5 Å². The summed E-state index contributed by atoms with van der Waals surface area (Å²) in [5.41, 5.74) is 6.29. The molecule has 9 heteroatoms. The van der Waals surface area contributed by atoms with Gasteiger partial charge in [-0.1, -0.05) is 30.3 Å². The molecule has 2 aliphatic heterocycles. The maximum atomic E-state index is 13.7. The van der Waals surface area contributed by atoms with Gasteiger partial charge < -0.3 is 14.9 Å². The van der Waals surface area contributed by atoms with E-state index >= 15 is 0 Å². The van der Waals surface area contributed by atoms with E-state index in [0.717, 1.165) is 40.9 Å². The van der Waals surface area contributed by atoms with Crippen LogP contribution in [0.4, 0.5) is 0 Å². The summed E-state index contributed by atoms with van der Waals surface area (Å²) in [5.74, 6) is -0.0977. The molecule has 2 aliphatic rings. The van der Waals surface area contributed by atoms with E-state index in [-0.39, 0.29) is 18.6 Å². The van der Waals surface area contributed by atoms with Crippen molar-refractivity contribution in [1.82, 2.24) is 19.1 Å². The van der Waals surface area contributed by atoms with Crippen molar-refractivity contribution in [3.05, 3.63) is 77.0 Å². The molecule has 8 nitrogen and oxygen atoms in total. The molecule has 3 heterocycles. The Morgan fingerprint density at radius 1 is 1.05 bits per heavy atom. The summed E-state index contributed by atoms with van der Waals surface area (Å²) in [6.45, 7) is 9.11. The number of benzene rings is 2. The van der Waals surface area contributed by atoms with Crippen LogP contribution in [0.1, 0.15) is 60.4 Å². The van der Waals surface area contributed by atoms with Crippen LogP contribution in [-0.4, -0.2) is 78.9 Å². The Morgan fingerprint density at radius 2 is 1.73 bits per heavy atom. The van der Waals surface area contributed by atoms with E-state index in [0.29, 0.717) is 43.0 Å². The zero-order valence-electron chi connectivity index (χ0n) is 24.1. The van der Waals surface area contributed by atoms with E-state index in [9.17, 15) is 19.4 Å². The third-order valence-corrected chi connectivity index (χ3v) is 9.64. The quantitative estimate of drug-likeness (QED) is 0.472.